The predicted molar refractivity (Wildman–Crippen MR) is 72.7 cm³/mol. The molecule has 0 spiro atoms. The highest BCUT2D eigenvalue weighted by Gasteiger charge is 2.21. The van der Waals surface area contributed by atoms with Gasteiger partial charge in [0.15, 0.2) is 0 Å². The zero-order valence-electron chi connectivity index (χ0n) is 10.0. The van der Waals surface area contributed by atoms with Gasteiger partial charge in [0.2, 0.25) is 0 Å². The number of likely N-dealkylation sites (tertiary alicyclic amines) is 1. The molecular formula is C14H14N2OS. The highest BCUT2D eigenvalue weighted by molar-refractivity contribution is 7.08. The molecule has 0 radical (unpaired) electrons. The number of hydrogen-bond acceptors (Lipinski definition) is 3. The standard InChI is InChI=1S/C14H14N2OS/c17-14(16-8-4-5-9-16)13-10-12(15-18-13)11-6-2-1-3-7-11/h1-3,6-7,10H,4-5,8-9H2. The molecule has 0 N–H and O–H groups in total. The first kappa shape index (κ1) is 11.4. The second-order valence-corrected chi connectivity index (χ2v) is 5.25. The van der Waals surface area contributed by atoms with E-state index in [1.54, 1.807) is 0 Å². The Labute approximate surface area is 110 Å². The monoisotopic (exact) mass is 258 g/mol. The summed E-state index contributed by atoms with van der Waals surface area (Å²) in [5, 5.41) is 0. The molecule has 2 aromatic rings. The van der Waals surface area contributed by atoms with Gasteiger partial charge in [0.05, 0.1) is 5.69 Å². The van der Waals surface area contributed by atoms with E-state index in [1.807, 2.05) is 41.3 Å². The highest BCUT2D eigenvalue weighted by atomic mass is 32.1. The van der Waals surface area contributed by atoms with Crippen LogP contribution in [0, 0.1) is 0 Å². The first-order valence-electron chi connectivity index (χ1n) is 6.16. The molecule has 0 saturated carbocycles. The summed E-state index contributed by atoms with van der Waals surface area (Å²) in [7, 11) is 0. The summed E-state index contributed by atoms with van der Waals surface area (Å²) >= 11 is 1.30. The smallest absolute Gasteiger partial charge is 0.265 e. The Morgan fingerprint density at radius 3 is 2.61 bits per heavy atom. The van der Waals surface area contributed by atoms with E-state index in [9.17, 15) is 4.79 Å². The average Bonchev–Trinajstić information content (AvgIpc) is 3.10. The lowest BCUT2D eigenvalue weighted by Gasteiger charge is -2.12. The van der Waals surface area contributed by atoms with Gasteiger partial charge in [0.25, 0.3) is 5.91 Å². The minimum absolute atomic E-state index is 0.132. The Kier molecular flexibility index (Phi) is 3.11. The van der Waals surface area contributed by atoms with Crippen molar-refractivity contribution in [3.8, 4) is 11.3 Å². The highest BCUT2D eigenvalue weighted by Crippen LogP contribution is 2.23. The number of carbonyl (C=O) groups is 1. The van der Waals surface area contributed by atoms with E-state index in [1.165, 1.54) is 11.5 Å². The number of benzene rings is 1. The molecule has 3 rings (SSSR count). The third kappa shape index (κ3) is 2.16. The topological polar surface area (TPSA) is 33.2 Å². The first-order valence-corrected chi connectivity index (χ1v) is 6.93. The fourth-order valence-corrected chi connectivity index (χ4v) is 2.92. The van der Waals surface area contributed by atoms with E-state index >= 15 is 0 Å². The van der Waals surface area contributed by atoms with Crippen molar-refractivity contribution in [3.63, 3.8) is 0 Å². The predicted octanol–water partition coefficient (Wildman–Crippen LogP) is 3.05. The van der Waals surface area contributed by atoms with Gasteiger partial charge < -0.3 is 4.90 Å². The van der Waals surface area contributed by atoms with Gasteiger partial charge >= 0.3 is 0 Å². The summed E-state index contributed by atoms with van der Waals surface area (Å²) in [5.74, 6) is 0.132. The van der Waals surface area contributed by atoms with Gasteiger partial charge in [0.1, 0.15) is 4.88 Å². The molecule has 92 valence electrons. The van der Waals surface area contributed by atoms with Crippen LogP contribution in [0.4, 0.5) is 0 Å². The minimum atomic E-state index is 0.132. The number of carbonyl (C=O) groups excluding carboxylic acids is 1. The number of aromatic nitrogens is 1. The van der Waals surface area contributed by atoms with Crippen molar-refractivity contribution in [2.75, 3.05) is 13.1 Å². The van der Waals surface area contributed by atoms with Crippen molar-refractivity contribution in [2.24, 2.45) is 0 Å². The van der Waals surface area contributed by atoms with Gasteiger partial charge in [-0.25, -0.2) is 0 Å². The van der Waals surface area contributed by atoms with Gasteiger partial charge in [-0.1, -0.05) is 30.3 Å². The molecule has 2 heterocycles. The molecular weight excluding hydrogens is 244 g/mol. The Balaban J connectivity index is 1.83. The summed E-state index contributed by atoms with van der Waals surface area (Å²) in [6.07, 6.45) is 2.24. The van der Waals surface area contributed by atoms with E-state index < -0.39 is 0 Å². The summed E-state index contributed by atoms with van der Waals surface area (Å²) in [6, 6.07) is 11.9. The van der Waals surface area contributed by atoms with Crippen LogP contribution in [0.3, 0.4) is 0 Å². The third-order valence-electron chi connectivity index (χ3n) is 3.18. The molecule has 0 aliphatic carbocycles. The molecule has 4 heteroatoms. The number of rotatable bonds is 2. The largest absolute Gasteiger partial charge is 0.338 e. The maximum absolute atomic E-state index is 12.2. The summed E-state index contributed by atoms with van der Waals surface area (Å²) in [4.78, 5) is 14.9. The van der Waals surface area contributed by atoms with E-state index in [2.05, 4.69) is 4.37 Å². The van der Waals surface area contributed by atoms with Crippen LogP contribution in [0.5, 0.6) is 0 Å². The number of amides is 1. The van der Waals surface area contributed by atoms with Crippen molar-refractivity contribution >= 4 is 17.4 Å². The quantitative estimate of drug-likeness (QED) is 0.829. The summed E-state index contributed by atoms with van der Waals surface area (Å²) in [6.45, 7) is 1.77. The van der Waals surface area contributed by atoms with Crippen LogP contribution in [0.15, 0.2) is 36.4 Å². The Morgan fingerprint density at radius 1 is 1.17 bits per heavy atom. The van der Waals surface area contributed by atoms with E-state index in [-0.39, 0.29) is 5.91 Å². The van der Waals surface area contributed by atoms with Crippen LogP contribution in [-0.2, 0) is 0 Å². The molecule has 18 heavy (non-hydrogen) atoms. The fraction of sp³-hybridized carbons (Fsp3) is 0.286. The Hall–Kier alpha value is -1.68. The van der Waals surface area contributed by atoms with Gasteiger partial charge in [-0.15, -0.1) is 0 Å². The van der Waals surface area contributed by atoms with Crippen LogP contribution in [0.2, 0.25) is 0 Å². The fourth-order valence-electron chi connectivity index (χ4n) is 2.20. The van der Waals surface area contributed by atoms with Gasteiger partial charge in [-0.2, -0.15) is 4.37 Å². The summed E-state index contributed by atoms with van der Waals surface area (Å²) in [5.41, 5.74) is 1.96. The molecule has 1 aromatic heterocycles. The summed E-state index contributed by atoms with van der Waals surface area (Å²) < 4.78 is 4.37. The zero-order valence-corrected chi connectivity index (χ0v) is 10.8. The van der Waals surface area contributed by atoms with Crippen molar-refractivity contribution in [1.29, 1.82) is 0 Å². The van der Waals surface area contributed by atoms with Crippen LogP contribution < -0.4 is 0 Å². The zero-order chi connectivity index (χ0) is 12.4. The van der Waals surface area contributed by atoms with Crippen molar-refractivity contribution in [3.05, 3.63) is 41.3 Å². The van der Waals surface area contributed by atoms with Crippen LogP contribution >= 0.6 is 11.5 Å². The molecule has 0 atom stereocenters. The van der Waals surface area contributed by atoms with E-state index in [4.69, 9.17) is 0 Å². The SMILES string of the molecule is O=C(c1cc(-c2ccccc2)ns1)N1CCCC1. The molecule has 1 aliphatic rings. The number of nitrogens with zero attached hydrogens (tertiary/aromatic N) is 2. The molecule has 0 unspecified atom stereocenters. The number of hydrogen-bond donors (Lipinski definition) is 0. The van der Waals surface area contributed by atoms with Crippen molar-refractivity contribution in [2.45, 2.75) is 12.8 Å². The van der Waals surface area contributed by atoms with Gasteiger partial charge in [0, 0.05) is 18.7 Å². The molecule has 3 nitrogen and oxygen atoms in total. The molecule has 0 bridgehead atoms. The van der Waals surface area contributed by atoms with Gasteiger partial charge in [-0.05, 0) is 30.4 Å². The lowest BCUT2D eigenvalue weighted by Crippen LogP contribution is -2.26. The molecule has 1 fully saturated rings. The molecule has 1 amide bonds. The second kappa shape index (κ2) is 4.90. The maximum atomic E-state index is 12.2. The minimum Gasteiger partial charge on any atom is -0.338 e. The normalized spacial score (nSPS) is 15.0. The molecule has 1 aromatic carbocycles. The lowest BCUT2D eigenvalue weighted by molar-refractivity contribution is 0.0797. The molecule has 1 aliphatic heterocycles. The third-order valence-corrected chi connectivity index (χ3v) is 3.96. The van der Waals surface area contributed by atoms with Crippen LogP contribution in [0.1, 0.15) is 22.5 Å². The molecule has 1 saturated heterocycles. The van der Waals surface area contributed by atoms with Crippen molar-refractivity contribution in [1.82, 2.24) is 9.27 Å². The van der Waals surface area contributed by atoms with Gasteiger partial charge in [-0.3, -0.25) is 4.79 Å². The second-order valence-electron chi connectivity index (χ2n) is 4.44. The lowest BCUT2D eigenvalue weighted by atomic mass is 10.1. The van der Waals surface area contributed by atoms with Crippen molar-refractivity contribution < 1.29 is 4.79 Å². The first-order chi connectivity index (χ1) is 8.84. The van der Waals surface area contributed by atoms with Crippen LogP contribution in [0.25, 0.3) is 11.3 Å². The van der Waals surface area contributed by atoms with E-state index in [0.29, 0.717) is 0 Å². The van der Waals surface area contributed by atoms with E-state index in [0.717, 1.165) is 42.1 Å². The average molecular weight is 258 g/mol. The Morgan fingerprint density at radius 2 is 1.89 bits per heavy atom. The Bertz CT molecular complexity index is 544. The maximum Gasteiger partial charge on any atom is 0.265 e. The van der Waals surface area contributed by atoms with Crippen LogP contribution in [-0.4, -0.2) is 28.3 Å².